The molecule has 6 nitrogen and oxygen atoms in total. The van der Waals surface area contributed by atoms with E-state index in [9.17, 15) is 17.6 Å². The second-order valence-electron chi connectivity index (χ2n) is 4.67. The van der Waals surface area contributed by atoms with Crippen LogP contribution in [0.15, 0.2) is 23.1 Å². The first-order valence-electron chi connectivity index (χ1n) is 6.35. The van der Waals surface area contributed by atoms with Crippen LogP contribution >= 0.6 is 0 Å². The van der Waals surface area contributed by atoms with Crippen LogP contribution in [0.5, 0.6) is 0 Å². The average Bonchev–Trinajstić information content (AvgIpc) is 2.46. The van der Waals surface area contributed by atoms with Gasteiger partial charge in [-0.3, -0.25) is 0 Å². The van der Waals surface area contributed by atoms with Crippen molar-refractivity contribution in [2.45, 2.75) is 17.9 Å². The summed E-state index contributed by atoms with van der Waals surface area (Å²) < 4.78 is 49.8. The molecule has 0 N–H and O–H groups in total. The highest BCUT2D eigenvalue weighted by Crippen LogP contribution is 2.25. The summed E-state index contributed by atoms with van der Waals surface area (Å²) >= 11 is 0. The molecule has 1 aromatic rings. The van der Waals surface area contributed by atoms with E-state index < -0.39 is 27.9 Å². The minimum atomic E-state index is -4.01. The molecule has 1 aliphatic heterocycles. The molecule has 1 fully saturated rings. The molecular formula is C13H16FNO5S. The molecule has 2 rings (SSSR count). The van der Waals surface area contributed by atoms with Crippen molar-refractivity contribution in [3.8, 4) is 0 Å². The minimum Gasteiger partial charge on any atom is -0.465 e. The Morgan fingerprint density at radius 3 is 2.81 bits per heavy atom. The van der Waals surface area contributed by atoms with Crippen molar-refractivity contribution in [3.05, 3.63) is 29.6 Å². The Morgan fingerprint density at radius 1 is 1.48 bits per heavy atom. The molecule has 0 bridgehead atoms. The molecule has 0 aromatic heterocycles. The largest absolute Gasteiger partial charge is 0.465 e. The van der Waals surface area contributed by atoms with E-state index in [0.29, 0.717) is 0 Å². The average molecular weight is 317 g/mol. The summed E-state index contributed by atoms with van der Waals surface area (Å²) in [5, 5.41) is 0. The van der Waals surface area contributed by atoms with E-state index in [0.717, 1.165) is 25.3 Å². The number of benzene rings is 1. The molecule has 1 saturated heterocycles. The number of sulfonamides is 1. The number of ether oxygens (including phenoxy) is 2. The number of hydrogen-bond acceptors (Lipinski definition) is 5. The smallest absolute Gasteiger partial charge is 0.339 e. The number of nitrogens with zero attached hydrogens (tertiary/aromatic N) is 1. The summed E-state index contributed by atoms with van der Waals surface area (Å²) in [5.41, 5.74) is -0.183. The van der Waals surface area contributed by atoms with E-state index in [1.54, 1.807) is 6.92 Å². The Hall–Kier alpha value is -1.51. The van der Waals surface area contributed by atoms with Gasteiger partial charge in [0, 0.05) is 12.6 Å². The Labute approximate surface area is 122 Å². The van der Waals surface area contributed by atoms with Gasteiger partial charge >= 0.3 is 5.97 Å². The van der Waals surface area contributed by atoms with Crippen molar-refractivity contribution < 1.29 is 27.1 Å². The monoisotopic (exact) mass is 317 g/mol. The van der Waals surface area contributed by atoms with Crippen LogP contribution < -0.4 is 0 Å². The van der Waals surface area contributed by atoms with Gasteiger partial charge in [0.1, 0.15) is 5.82 Å². The van der Waals surface area contributed by atoms with Gasteiger partial charge in [-0.25, -0.2) is 17.6 Å². The number of halogens is 1. The van der Waals surface area contributed by atoms with Gasteiger partial charge in [0.15, 0.2) is 0 Å². The number of methoxy groups -OCH3 is 1. The Bertz CT molecular complexity index is 646. The highest BCUT2D eigenvalue weighted by molar-refractivity contribution is 7.89. The van der Waals surface area contributed by atoms with E-state index in [2.05, 4.69) is 4.74 Å². The van der Waals surface area contributed by atoms with Crippen molar-refractivity contribution in [2.75, 3.05) is 26.9 Å². The summed E-state index contributed by atoms with van der Waals surface area (Å²) in [6.07, 6.45) is 0. The molecule has 0 amide bonds. The predicted octanol–water partition coefficient (Wildman–Crippen LogP) is 1.02. The summed E-state index contributed by atoms with van der Waals surface area (Å²) in [4.78, 5) is 11.3. The number of morpholine rings is 1. The van der Waals surface area contributed by atoms with Gasteiger partial charge in [-0.2, -0.15) is 4.31 Å². The molecule has 1 atom stereocenters. The van der Waals surface area contributed by atoms with Crippen LogP contribution in [0.2, 0.25) is 0 Å². The van der Waals surface area contributed by atoms with Crippen molar-refractivity contribution in [1.29, 1.82) is 0 Å². The molecule has 1 heterocycles. The number of esters is 1. The van der Waals surface area contributed by atoms with E-state index in [-0.39, 0.29) is 30.2 Å². The van der Waals surface area contributed by atoms with Crippen LogP contribution in [0.1, 0.15) is 17.3 Å². The van der Waals surface area contributed by atoms with Crippen LogP contribution in [0.3, 0.4) is 0 Å². The van der Waals surface area contributed by atoms with Gasteiger partial charge < -0.3 is 9.47 Å². The highest BCUT2D eigenvalue weighted by atomic mass is 32.2. The Morgan fingerprint density at radius 2 is 2.19 bits per heavy atom. The quantitative estimate of drug-likeness (QED) is 0.778. The molecule has 0 radical (unpaired) electrons. The molecule has 8 heteroatoms. The van der Waals surface area contributed by atoms with Crippen LogP contribution in [0, 0.1) is 5.82 Å². The molecule has 1 aromatic carbocycles. The second-order valence-corrected chi connectivity index (χ2v) is 6.53. The molecule has 0 unspecified atom stereocenters. The van der Waals surface area contributed by atoms with E-state index in [4.69, 9.17) is 4.74 Å². The van der Waals surface area contributed by atoms with Gasteiger partial charge in [-0.05, 0) is 25.1 Å². The van der Waals surface area contributed by atoms with E-state index >= 15 is 0 Å². The molecular weight excluding hydrogens is 301 g/mol. The van der Waals surface area contributed by atoms with Crippen molar-refractivity contribution in [3.63, 3.8) is 0 Å². The first-order valence-corrected chi connectivity index (χ1v) is 7.79. The lowest BCUT2D eigenvalue weighted by Gasteiger charge is -2.32. The molecule has 116 valence electrons. The first kappa shape index (κ1) is 15.9. The summed E-state index contributed by atoms with van der Waals surface area (Å²) in [7, 11) is -2.87. The maximum absolute atomic E-state index is 13.4. The lowest BCUT2D eigenvalue weighted by Crippen LogP contribution is -2.47. The number of carbonyl (C=O) groups is 1. The predicted molar refractivity (Wildman–Crippen MR) is 71.9 cm³/mol. The zero-order valence-electron chi connectivity index (χ0n) is 11.7. The van der Waals surface area contributed by atoms with Crippen LogP contribution in [-0.2, 0) is 19.5 Å². The first-order chi connectivity index (χ1) is 9.87. The number of carbonyl (C=O) groups excluding carboxylic acids is 1. The van der Waals surface area contributed by atoms with Crippen molar-refractivity contribution in [1.82, 2.24) is 4.31 Å². The van der Waals surface area contributed by atoms with Crippen LogP contribution in [-0.4, -0.2) is 51.6 Å². The normalized spacial score (nSPS) is 20.2. The lowest BCUT2D eigenvalue weighted by atomic mass is 10.2. The van der Waals surface area contributed by atoms with Crippen LogP contribution in [0.25, 0.3) is 0 Å². The number of rotatable bonds is 3. The molecule has 0 aliphatic carbocycles. The zero-order valence-corrected chi connectivity index (χ0v) is 12.5. The molecule has 0 spiro atoms. The van der Waals surface area contributed by atoms with E-state index in [1.807, 2.05) is 0 Å². The fraction of sp³-hybridized carbons (Fsp3) is 0.462. The van der Waals surface area contributed by atoms with Gasteiger partial charge in [0.05, 0.1) is 30.8 Å². The van der Waals surface area contributed by atoms with E-state index in [1.165, 1.54) is 4.31 Å². The zero-order chi connectivity index (χ0) is 15.6. The van der Waals surface area contributed by atoms with Crippen molar-refractivity contribution in [2.24, 2.45) is 0 Å². The number of hydrogen-bond donors (Lipinski definition) is 0. The molecule has 21 heavy (non-hydrogen) atoms. The fourth-order valence-corrected chi connectivity index (χ4v) is 3.98. The van der Waals surface area contributed by atoms with Gasteiger partial charge in [0.2, 0.25) is 10.0 Å². The van der Waals surface area contributed by atoms with Crippen LogP contribution in [0.4, 0.5) is 4.39 Å². The van der Waals surface area contributed by atoms with Gasteiger partial charge in [-0.1, -0.05) is 0 Å². The second kappa shape index (κ2) is 6.08. The fourth-order valence-electron chi connectivity index (χ4n) is 2.18. The standard InChI is InChI=1S/C13H16FNO5S/c1-9-8-20-6-5-15(9)21(17,18)12-7-10(14)3-4-11(12)13(16)19-2/h3-4,7,9H,5-6,8H2,1-2H3/t9-/m1/s1. The lowest BCUT2D eigenvalue weighted by molar-refractivity contribution is 0.0391. The summed E-state index contributed by atoms with van der Waals surface area (Å²) in [6.45, 7) is 2.35. The third kappa shape index (κ3) is 3.07. The summed E-state index contributed by atoms with van der Waals surface area (Å²) in [5.74, 6) is -1.56. The maximum Gasteiger partial charge on any atom is 0.339 e. The Balaban J connectivity index is 2.53. The van der Waals surface area contributed by atoms with Crippen molar-refractivity contribution >= 4 is 16.0 Å². The molecule has 0 saturated carbocycles. The SMILES string of the molecule is COC(=O)c1ccc(F)cc1S(=O)(=O)N1CCOC[C@H]1C. The summed E-state index contributed by atoms with van der Waals surface area (Å²) in [6, 6.07) is 2.58. The van der Waals surface area contributed by atoms with Gasteiger partial charge in [0.25, 0.3) is 0 Å². The maximum atomic E-state index is 13.4. The third-order valence-corrected chi connectivity index (χ3v) is 5.30. The topological polar surface area (TPSA) is 72.9 Å². The highest BCUT2D eigenvalue weighted by Gasteiger charge is 2.34. The Kier molecular flexibility index (Phi) is 4.60. The third-order valence-electron chi connectivity index (χ3n) is 3.24. The van der Waals surface area contributed by atoms with Gasteiger partial charge in [-0.15, -0.1) is 0 Å². The minimum absolute atomic E-state index is 0.153. The molecule has 1 aliphatic rings.